The second-order valence-corrected chi connectivity index (χ2v) is 7.94. The molecule has 0 aliphatic carbocycles. The molecule has 0 bridgehead atoms. The average Bonchev–Trinajstić information content (AvgIpc) is 3.28. The number of aromatic nitrogens is 3. The van der Waals surface area contributed by atoms with E-state index in [0.717, 1.165) is 36.9 Å². The monoisotopic (exact) mass is 438 g/mol. The summed E-state index contributed by atoms with van der Waals surface area (Å²) in [6.07, 6.45) is 6.93. The number of thiazole rings is 1. The van der Waals surface area contributed by atoms with E-state index >= 15 is 0 Å². The summed E-state index contributed by atoms with van der Waals surface area (Å²) in [7, 11) is 0. The third kappa shape index (κ3) is 6.42. The summed E-state index contributed by atoms with van der Waals surface area (Å²) in [5.41, 5.74) is 2.59. The fraction of sp³-hybridized carbons (Fsp3) is 0.348. The minimum Gasteiger partial charge on any atom is -0.451 e. The van der Waals surface area contributed by atoms with Crippen LogP contribution in [-0.4, -0.2) is 40.0 Å². The summed E-state index contributed by atoms with van der Waals surface area (Å²) in [4.78, 5) is 39.4. The molecule has 0 aliphatic rings. The predicted molar refractivity (Wildman–Crippen MR) is 121 cm³/mol. The van der Waals surface area contributed by atoms with Crippen LogP contribution in [0.2, 0.25) is 0 Å². The first-order valence-corrected chi connectivity index (χ1v) is 11.2. The molecule has 3 aromatic rings. The summed E-state index contributed by atoms with van der Waals surface area (Å²) in [5, 5.41) is 2.54. The van der Waals surface area contributed by atoms with Gasteiger partial charge in [-0.2, -0.15) is 0 Å². The fourth-order valence-electron chi connectivity index (χ4n) is 2.93. The first-order valence-electron chi connectivity index (χ1n) is 10.4. The number of anilines is 1. The van der Waals surface area contributed by atoms with Gasteiger partial charge in [-0.25, -0.2) is 14.8 Å². The summed E-state index contributed by atoms with van der Waals surface area (Å²) in [6.45, 7) is 4.08. The highest BCUT2D eigenvalue weighted by Crippen LogP contribution is 2.28. The van der Waals surface area contributed by atoms with Crippen molar-refractivity contribution in [2.45, 2.75) is 39.5 Å². The van der Waals surface area contributed by atoms with Crippen LogP contribution in [0.15, 0.2) is 48.1 Å². The van der Waals surface area contributed by atoms with Gasteiger partial charge in [-0.3, -0.25) is 14.7 Å². The summed E-state index contributed by atoms with van der Waals surface area (Å²) in [5.74, 6) is -0.977. The van der Waals surface area contributed by atoms with Crippen molar-refractivity contribution in [2.24, 2.45) is 0 Å². The largest absolute Gasteiger partial charge is 0.451 e. The molecule has 0 aliphatic heterocycles. The normalized spacial score (nSPS) is 10.6. The summed E-state index contributed by atoms with van der Waals surface area (Å²) >= 11 is 1.41. The minimum absolute atomic E-state index is 0.0773. The van der Waals surface area contributed by atoms with Crippen LogP contribution in [0.5, 0.6) is 0 Å². The number of unbranched alkanes of at least 4 members (excludes halogenated alkanes) is 3. The van der Waals surface area contributed by atoms with Crippen molar-refractivity contribution in [3.05, 3.63) is 59.5 Å². The van der Waals surface area contributed by atoms with Crippen LogP contribution in [-0.2, 0) is 9.53 Å². The molecule has 7 nitrogen and oxygen atoms in total. The topological polar surface area (TPSA) is 85.3 Å². The van der Waals surface area contributed by atoms with Gasteiger partial charge in [0.05, 0.1) is 17.6 Å². The lowest BCUT2D eigenvalue weighted by atomic mass is 10.2. The predicted octanol–water partition coefficient (Wildman–Crippen LogP) is 4.68. The van der Waals surface area contributed by atoms with Gasteiger partial charge < -0.3 is 4.74 Å². The molecular weight excluding hydrogens is 412 g/mol. The van der Waals surface area contributed by atoms with Gasteiger partial charge in [-0.1, -0.05) is 56.5 Å². The lowest BCUT2D eigenvalue weighted by molar-refractivity contribution is -0.121. The standard InChI is InChI=1S/C23H26N4O3S/c1-3-4-5-9-12-27(23-26-20(16-31-23)18-10-7-6-8-11-18)21(28)15-30-22(29)19-14-24-17(2)13-25-19/h6-8,10-11,13-14,16H,3-5,9,12,15H2,1-2H3. The van der Waals surface area contributed by atoms with Crippen molar-refractivity contribution < 1.29 is 14.3 Å². The zero-order chi connectivity index (χ0) is 22.1. The molecule has 1 amide bonds. The number of esters is 1. The molecule has 1 aromatic carbocycles. The minimum atomic E-state index is -0.670. The Bertz CT molecular complexity index is 990. The molecule has 31 heavy (non-hydrogen) atoms. The SMILES string of the molecule is CCCCCCN(C(=O)COC(=O)c1cnc(C)cn1)c1nc(-c2ccccc2)cs1. The van der Waals surface area contributed by atoms with Crippen molar-refractivity contribution in [2.75, 3.05) is 18.1 Å². The highest BCUT2D eigenvalue weighted by Gasteiger charge is 2.21. The van der Waals surface area contributed by atoms with E-state index in [-0.39, 0.29) is 18.2 Å². The first-order chi connectivity index (χ1) is 15.1. The molecule has 8 heteroatoms. The number of rotatable bonds is 10. The quantitative estimate of drug-likeness (QED) is 0.337. The van der Waals surface area contributed by atoms with Crippen molar-refractivity contribution >= 4 is 28.3 Å². The number of amides is 1. The number of hydrogen-bond donors (Lipinski definition) is 0. The van der Waals surface area contributed by atoms with Gasteiger partial charge in [0.25, 0.3) is 5.91 Å². The van der Waals surface area contributed by atoms with Crippen molar-refractivity contribution in [1.29, 1.82) is 0 Å². The molecule has 0 spiro atoms. The molecule has 162 valence electrons. The molecule has 2 heterocycles. The van der Waals surface area contributed by atoms with Crippen LogP contribution in [0.25, 0.3) is 11.3 Å². The van der Waals surface area contributed by atoms with Crippen LogP contribution in [0.4, 0.5) is 5.13 Å². The number of benzene rings is 1. The third-order valence-electron chi connectivity index (χ3n) is 4.65. The van der Waals surface area contributed by atoms with Gasteiger partial charge in [0.15, 0.2) is 17.4 Å². The van der Waals surface area contributed by atoms with E-state index in [1.54, 1.807) is 11.8 Å². The molecule has 0 atom stereocenters. The van der Waals surface area contributed by atoms with Crippen molar-refractivity contribution in [3.8, 4) is 11.3 Å². The maximum Gasteiger partial charge on any atom is 0.359 e. The Kier molecular flexibility index (Phi) is 8.23. The second kappa shape index (κ2) is 11.3. The smallest absolute Gasteiger partial charge is 0.359 e. The summed E-state index contributed by atoms with van der Waals surface area (Å²) < 4.78 is 5.20. The zero-order valence-electron chi connectivity index (χ0n) is 17.8. The van der Waals surface area contributed by atoms with E-state index in [1.165, 1.54) is 23.7 Å². The zero-order valence-corrected chi connectivity index (χ0v) is 18.6. The second-order valence-electron chi connectivity index (χ2n) is 7.11. The Labute approximate surface area is 186 Å². The molecule has 3 rings (SSSR count). The molecule has 0 radical (unpaired) electrons. The lowest BCUT2D eigenvalue weighted by Gasteiger charge is -2.19. The molecular formula is C23H26N4O3S. The van der Waals surface area contributed by atoms with Crippen molar-refractivity contribution in [3.63, 3.8) is 0 Å². The highest BCUT2D eigenvalue weighted by molar-refractivity contribution is 7.14. The Balaban J connectivity index is 1.69. The maximum absolute atomic E-state index is 12.9. The molecule has 0 N–H and O–H groups in total. The van der Waals surface area contributed by atoms with Crippen LogP contribution in [0, 0.1) is 6.92 Å². The van der Waals surface area contributed by atoms with E-state index < -0.39 is 5.97 Å². The van der Waals surface area contributed by atoms with Crippen LogP contribution in [0.1, 0.15) is 48.8 Å². The van der Waals surface area contributed by atoms with Gasteiger partial charge in [-0.05, 0) is 13.3 Å². The van der Waals surface area contributed by atoms with E-state index in [4.69, 9.17) is 4.74 Å². The fourth-order valence-corrected chi connectivity index (χ4v) is 3.81. The van der Waals surface area contributed by atoms with Crippen LogP contribution in [0.3, 0.4) is 0 Å². The van der Waals surface area contributed by atoms with Crippen LogP contribution >= 0.6 is 11.3 Å². The number of nitrogens with zero attached hydrogens (tertiary/aromatic N) is 4. The van der Waals surface area contributed by atoms with E-state index in [9.17, 15) is 9.59 Å². The molecule has 0 saturated carbocycles. The Morgan fingerprint density at radius 1 is 1.06 bits per heavy atom. The van der Waals surface area contributed by atoms with Gasteiger partial charge >= 0.3 is 5.97 Å². The molecule has 0 unspecified atom stereocenters. The summed E-state index contributed by atoms with van der Waals surface area (Å²) in [6, 6.07) is 9.82. The number of carbonyl (C=O) groups excluding carboxylic acids is 2. The van der Waals surface area contributed by atoms with E-state index in [2.05, 4.69) is 21.9 Å². The third-order valence-corrected chi connectivity index (χ3v) is 5.51. The number of aryl methyl sites for hydroxylation is 1. The maximum atomic E-state index is 12.9. The van der Waals surface area contributed by atoms with E-state index in [0.29, 0.717) is 17.4 Å². The number of carbonyl (C=O) groups is 2. The Morgan fingerprint density at radius 2 is 1.87 bits per heavy atom. The number of hydrogen-bond acceptors (Lipinski definition) is 7. The Morgan fingerprint density at radius 3 is 2.58 bits per heavy atom. The lowest BCUT2D eigenvalue weighted by Crippen LogP contribution is -2.35. The van der Waals surface area contributed by atoms with Gasteiger partial charge in [-0.15, -0.1) is 11.3 Å². The average molecular weight is 439 g/mol. The van der Waals surface area contributed by atoms with E-state index in [1.807, 2.05) is 35.7 Å². The molecule has 0 fully saturated rings. The van der Waals surface area contributed by atoms with Crippen LogP contribution < -0.4 is 4.90 Å². The first kappa shape index (κ1) is 22.6. The Hall–Kier alpha value is -3.13. The highest BCUT2D eigenvalue weighted by atomic mass is 32.1. The van der Waals surface area contributed by atoms with Gasteiger partial charge in [0, 0.05) is 23.7 Å². The number of ether oxygens (including phenoxy) is 1. The van der Waals surface area contributed by atoms with Gasteiger partial charge in [0.2, 0.25) is 0 Å². The molecule has 2 aromatic heterocycles. The van der Waals surface area contributed by atoms with Gasteiger partial charge in [0.1, 0.15) is 0 Å². The molecule has 0 saturated heterocycles. The van der Waals surface area contributed by atoms with Crippen molar-refractivity contribution in [1.82, 2.24) is 15.0 Å².